The van der Waals surface area contributed by atoms with Gasteiger partial charge in [0.1, 0.15) is 11.3 Å². The second kappa shape index (κ2) is 9.51. The lowest BCUT2D eigenvalue weighted by molar-refractivity contribution is 0.355. The van der Waals surface area contributed by atoms with Gasteiger partial charge in [0.2, 0.25) is 0 Å². The standard InChI is InChI=1S/C23H32O3/c1-16(2)9-7-10-17(3)11-8-12-18(4)20-13-19-14-22(24-5)23(25-6)15-21(19)26-20/h9,11,13-15,18H,7-8,10,12H2,1-6H3/b17-11+. The van der Waals surface area contributed by atoms with E-state index in [4.69, 9.17) is 13.9 Å². The molecule has 0 aliphatic carbocycles. The van der Waals surface area contributed by atoms with Crippen molar-refractivity contribution < 1.29 is 13.9 Å². The fourth-order valence-electron chi connectivity index (χ4n) is 3.04. The summed E-state index contributed by atoms with van der Waals surface area (Å²) in [7, 11) is 3.29. The Morgan fingerprint density at radius 3 is 2.35 bits per heavy atom. The van der Waals surface area contributed by atoms with Crippen molar-refractivity contribution >= 4 is 11.0 Å². The number of methoxy groups -OCH3 is 2. The Hall–Kier alpha value is -2.16. The van der Waals surface area contributed by atoms with Gasteiger partial charge in [-0.25, -0.2) is 0 Å². The molecular formula is C23H32O3. The molecule has 1 aromatic heterocycles. The third-order valence-electron chi connectivity index (χ3n) is 4.71. The van der Waals surface area contributed by atoms with Crippen molar-refractivity contribution in [2.24, 2.45) is 0 Å². The summed E-state index contributed by atoms with van der Waals surface area (Å²) in [5.41, 5.74) is 3.70. The molecule has 3 nitrogen and oxygen atoms in total. The van der Waals surface area contributed by atoms with Gasteiger partial charge in [-0.1, -0.05) is 30.2 Å². The van der Waals surface area contributed by atoms with Crippen molar-refractivity contribution in [2.45, 2.75) is 59.3 Å². The van der Waals surface area contributed by atoms with Gasteiger partial charge in [0.15, 0.2) is 11.5 Å². The Kier molecular flexibility index (Phi) is 7.38. The molecule has 1 heterocycles. The Balaban J connectivity index is 1.99. The van der Waals surface area contributed by atoms with E-state index in [1.54, 1.807) is 14.2 Å². The third-order valence-corrected chi connectivity index (χ3v) is 4.71. The van der Waals surface area contributed by atoms with Gasteiger partial charge in [0, 0.05) is 17.4 Å². The number of rotatable bonds is 9. The first-order valence-corrected chi connectivity index (χ1v) is 9.39. The van der Waals surface area contributed by atoms with Crippen LogP contribution in [0, 0.1) is 0 Å². The summed E-state index contributed by atoms with van der Waals surface area (Å²) in [6, 6.07) is 5.99. The first-order valence-electron chi connectivity index (χ1n) is 9.39. The second-order valence-corrected chi connectivity index (χ2v) is 7.24. The van der Waals surface area contributed by atoms with E-state index in [0.29, 0.717) is 11.7 Å². The summed E-state index contributed by atoms with van der Waals surface area (Å²) in [5, 5.41) is 1.05. The number of furan rings is 1. The van der Waals surface area contributed by atoms with E-state index >= 15 is 0 Å². The topological polar surface area (TPSA) is 31.6 Å². The molecule has 2 rings (SSSR count). The minimum Gasteiger partial charge on any atom is -0.493 e. The largest absolute Gasteiger partial charge is 0.493 e. The highest BCUT2D eigenvalue weighted by Crippen LogP contribution is 2.36. The maximum atomic E-state index is 6.06. The van der Waals surface area contributed by atoms with Crippen LogP contribution in [0.15, 0.2) is 45.9 Å². The van der Waals surface area contributed by atoms with Gasteiger partial charge in [-0.05, 0) is 58.6 Å². The van der Waals surface area contributed by atoms with Crippen molar-refractivity contribution in [3.05, 3.63) is 47.3 Å². The van der Waals surface area contributed by atoms with Crippen LogP contribution < -0.4 is 9.47 Å². The zero-order chi connectivity index (χ0) is 19.1. The second-order valence-electron chi connectivity index (χ2n) is 7.24. The van der Waals surface area contributed by atoms with Crippen LogP contribution in [-0.2, 0) is 0 Å². The van der Waals surface area contributed by atoms with E-state index in [1.165, 1.54) is 11.1 Å². The number of ether oxygens (including phenoxy) is 2. The highest BCUT2D eigenvalue weighted by molar-refractivity contribution is 5.82. The zero-order valence-corrected chi connectivity index (χ0v) is 17.0. The minimum absolute atomic E-state index is 0.376. The smallest absolute Gasteiger partial charge is 0.164 e. The van der Waals surface area contributed by atoms with Crippen LogP contribution >= 0.6 is 0 Å². The molecule has 0 fully saturated rings. The van der Waals surface area contributed by atoms with Gasteiger partial charge in [-0.15, -0.1) is 0 Å². The van der Waals surface area contributed by atoms with Crippen LogP contribution in [0.1, 0.15) is 65.1 Å². The van der Waals surface area contributed by atoms with E-state index in [0.717, 1.165) is 48.2 Å². The van der Waals surface area contributed by atoms with E-state index in [9.17, 15) is 0 Å². The Bertz CT molecular complexity index is 735. The molecule has 1 aromatic carbocycles. The van der Waals surface area contributed by atoms with Crippen molar-refractivity contribution in [2.75, 3.05) is 14.2 Å². The summed E-state index contributed by atoms with van der Waals surface area (Å²) < 4.78 is 16.8. The molecule has 2 aromatic rings. The molecule has 1 atom stereocenters. The summed E-state index contributed by atoms with van der Waals surface area (Å²) in [6.45, 7) is 8.75. The molecule has 142 valence electrons. The van der Waals surface area contributed by atoms with Crippen LogP contribution in [0.25, 0.3) is 11.0 Å². The Labute approximate surface area is 157 Å². The van der Waals surface area contributed by atoms with Crippen LogP contribution in [-0.4, -0.2) is 14.2 Å². The molecule has 3 heteroatoms. The number of fused-ring (bicyclic) bond motifs is 1. The highest BCUT2D eigenvalue weighted by atomic mass is 16.5. The van der Waals surface area contributed by atoms with Gasteiger partial charge in [0.25, 0.3) is 0 Å². The quantitative estimate of drug-likeness (QED) is 0.452. The predicted octanol–water partition coefficient (Wildman–Crippen LogP) is 7.03. The van der Waals surface area contributed by atoms with Crippen molar-refractivity contribution in [3.63, 3.8) is 0 Å². The fourth-order valence-corrected chi connectivity index (χ4v) is 3.04. The van der Waals surface area contributed by atoms with Gasteiger partial charge in [-0.3, -0.25) is 0 Å². The average Bonchev–Trinajstić information content (AvgIpc) is 3.02. The van der Waals surface area contributed by atoms with Gasteiger partial charge in [0.05, 0.1) is 14.2 Å². The molecule has 0 saturated heterocycles. The van der Waals surface area contributed by atoms with Crippen LogP contribution in [0.3, 0.4) is 0 Å². The molecular weight excluding hydrogens is 324 g/mol. The van der Waals surface area contributed by atoms with Crippen molar-refractivity contribution in [3.8, 4) is 11.5 Å². The Morgan fingerprint density at radius 2 is 1.69 bits per heavy atom. The molecule has 0 N–H and O–H groups in total. The summed E-state index contributed by atoms with van der Waals surface area (Å²) >= 11 is 0. The van der Waals surface area contributed by atoms with E-state index in [-0.39, 0.29) is 0 Å². The number of hydrogen-bond donors (Lipinski definition) is 0. The van der Waals surface area contributed by atoms with Crippen LogP contribution in [0.2, 0.25) is 0 Å². The SMILES string of the molecule is COc1cc2cc(C(C)CC/C=C(\C)CCC=C(C)C)oc2cc1OC. The van der Waals surface area contributed by atoms with Crippen molar-refractivity contribution in [1.82, 2.24) is 0 Å². The lowest BCUT2D eigenvalue weighted by Crippen LogP contribution is -1.90. The lowest BCUT2D eigenvalue weighted by atomic mass is 10.0. The van der Waals surface area contributed by atoms with Gasteiger partial charge in [-0.2, -0.15) is 0 Å². The summed E-state index contributed by atoms with van der Waals surface area (Å²) in [6.07, 6.45) is 9.10. The first-order chi connectivity index (χ1) is 12.4. The van der Waals surface area contributed by atoms with Crippen molar-refractivity contribution in [1.29, 1.82) is 0 Å². The average molecular weight is 357 g/mol. The number of allylic oxidation sites excluding steroid dienone is 4. The molecule has 26 heavy (non-hydrogen) atoms. The normalized spacial score (nSPS) is 12.9. The van der Waals surface area contributed by atoms with Gasteiger partial charge < -0.3 is 13.9 Å². The highest BCUT2D eigenvalue weighted by Gasteiger charge is 2.14. The predicted molar refractivity (Wildman–Crippen MR) is 109 cm³/mol. The zero-order valence-electron chi connectivity index (χ0n) is 17.0. The summed E-state index contributed by atoms with van der Waals surface area (Å²) in [5.74, 6) is 2.82. The first kappa shape index (κ1) is 20.2. The minimum atomic E-state index is 0.376. The third kappa shape index (κ3) is 5.42. The molecule has 0 radical (unpaired) electrons. The molecule has 0 spiro atoms. The van der Waals surface area contributed by atoms with E-state index in [1.807, 2.05) is 12.1 Å². The van der Waals surface area contributed by atoms with Crippen LogP contribution in [0.4, 0.5) is 0 Å². The maximum absolute atomic E-state index is 6.06. The van der Waals surface area contributed by atoms with E-state index < -0.39 is 0 Å². The molecule has 0 aliphatic rings. The molecule has 0 saturated carbocycles. The molecule has 0 bridgehead atoms. The van der Waals surface area contributed by atoms with Gasteiger partial charge >= 0.3 is 0 Å². The maximum Gasteiger partial charge on any atom is 0.164 e. The molecule has 0 amide bonds. The molecule has 0 aliphatic heterocycles. The monoisotopic (exact) mass is 356 g/mol. The lowest BCUT2D eigenvalue weighted by Gasteiger charge is -2.07. The molecule has 1 unspecified atom stereocenters. The Morgan fingerprint density at radius 1 is 1.00 bits per heavy atom. The van der Waals surface area contributed by atoms with E-state index in [2.05, 4.69) is 45.9 Å². The summed E-state index contributed by atoms with van der Waals surface area (Å²) in [4.78, 5) is 0. The number of hydrogen-bond acceptors (Lipinski definition) is 3. The fraction of sp³-hybridized carbons (Fsp3) is 0.478. The number of benzene rings is 1. The van der Waals surface area contributed by atoms with Crippen LogP contribution in [0.5, 0.6) is 11.5 Å².